The first-order chi connectivity index (χ1) is 9.28. The van der Waals surface area contributed by atoms with E-state index in [1.165, 1.54) is 12.1 Å². The van der Waals surface area contributed by atoms with Gasteiger partial charge in [0.2, 0.25) is 0 Å². The molecule has 0 aromatic heterocycles. The molecule has 2 aliphatic heterocycles. The van der Waals surface area contributed by atoms with Gasteiger partial charge in [0, 0.05) is 32.2 Å². The zero-order valence-corrected chi connectivity index (χ0v) is 10.6. The van der Waals surface area contributed by atoms with Crippen LogP contribution in [0.5, 0.6) is 0 Å². The van der Waals surface area contributed by atoms with Crippen molar-refractivity contribution in [1.29, 1.82) is 5.26 Å². The number of nitrogens with zero attached hydrogens (tertiary/aromatic N) is 2. The first-order valence-corrected chi connectivity index (χ1v) is 6.54. The molecule has 5 heteroatoms. The summed E-state index contributed by atoms with van der Waals surface area (Å²) in [6.45, 7) is 4.40. The quantitative estimate of drug-likeness (QED) is 0.820. The topological polar surface area (TPSA) is 48.3 Å². The molecule has 1 aromatic carbocycles. The first-order valence-electron chi connectivity index (χ1n) is 6.54. The van der Waals surface area contributed by atoms with Gasteiger partial charge in [0.05, 0.1) is 18.3 Å². The number of benzene rings is 1. The second-order valence-electron chi connectivity index (χ2n) is 5.03. The summed E-state index contributed by atoms with van der Waals surface area (Å²) >= 11 is 0. The number of hydrogen-bond acceptors (Lipinski definition) is 4. The molecule has 0 aliphatic carbocycles. The zero-order valence-electron chi connectivity index (χ0n) is 10.6. The van der Waals surface area contributed by atoms with Crippen LogP contribution in [0.3, 0.4) is 0 Å². The molecule has 100 valence electrons. The minimum Gasteiger partial charge on any atom is -0.371 e. The molecule has 0 bridgehead atoms. The van der Waals surface area contributed by atoms with Crippen LogP contribution >= 0.6 is 0 Å². The van der Waals surface area contributed by atoms with E-state index in [1.54, 1.807) is 6.07 Å². The van der Waals surface area contributed by atoms with Crippen molar-refractivity contribution in [3.05, 3.63) is 35.1 Å². The monoisotopic (exact) mass is 261 g/mol. The van der Waals surface area contributed by atoms with E-state index >= 15 is 0 Å². The molecule has 2 saturated heterocycles. The molecule has 0 radical (unpaired) electrons. The van der Waals surface area contributed by atoms with Gasteiger partial charge in [-0.05, 0) is 17.7 Å². The lowest BCUT2D eigenvalue weighted by Gasteiger charge is -2.42. The third kappa shape index (κ3) is 2.47. The van der Waals surface area contributed by atoms with Gasteiger partial charge in [0.1, 0.15) is 11.9 Å². The van der Waals surface area contributed by atoms with Crippen molar-refractivity contribution in [2.24, 2.45) is 0 Å². The molecule has 2 aliphatic rings. The Morgan fingerprint density at radius 3 is 3.16 bits per heavy atom. The number of nitrogens with one attached hydrogen (secondary N) is 1. The molecule has 1 N–H and O–H groups in total. The van der Waals surface area contributed by atoms with E-state index in [1.807, 2.05) is 6.07 Å². The Bertz CT molecular complexity index is 514. The van der Waals surface area contributed by atoms with Crippen molar-refractivity contribution in [3.63, 3.8) is 0 Å². The predicted octanol–water partition coefficient (Wildman–Crippen LogP) is 1.04. The largest absolute Gasteiger partial charge is 0.371 e. The molecule has 0 unspecified atom stereocenters. The van der Waals surface area contributed by atoms with Crippen LogP contribution in [0, 0.1) is 17.1 Å². The molecule has 0 saturated carbocycles. The summed E-state index contributed by atoms with van der Waals surface area (Å²) < 4.78 is 19.5. The molecule has 0 spiro atoms. The standard InChI is InChI=1S/C14H16FN3O/c15-13-5-10(1-2-11(13)6-16)14-8-18-4-3-17-7-12(18)9-19-14/h1-2,5,12,14,17H,3-4,7-9H2/t12-,14-/m0/s1. The molecule has 1 aromatic rings. The molecular formula is C14H16FN3O. The summed E-state index contributed by atoms with van der Waals surface area (Å²) in [6.07, 6.45) is -0.100. The van der Waals surface area contributed by atoms with Crippen molar-refractivity contribution < 1.29 is 9.13 Å². The van der Waals surface area contributed by atoms with Gasteiger partial charge < -0.3 is 10.1 Å². The highest BCUT2D eigenvalue weighted by atomic mass is 19.1. The van der Waals surface area contributed by atoms with Crippen molar-refractivity contribution in [1.82, 2.24) is 10.2 Å². The van der Waals surface area contributed by atoms with Gasteiger partial charge in [0.15, 0.2) is 0 Å². The van der Waals surface area contributed by atoms with E-state index in [0.29, 0.717) is 12.6 Å². The lowest BCUT2D eigenvalue weighted by molar-refractivity contribution is -0.0718. The fourth-order valence-electron chi connectivity index (χ4n) is 2.72. The van der Waals surface area contributed by atoms with E-state index < -0.39 is 5.82 Å². The van der Waals surface area contributed by atoms with Crippen LogP contribution in [0.2, 0.25) is 0 Å². The van der Waals surface area contributed by atoms with Gasteiger partial charge >= 0.3 is 0 Å². The highest BCUT2D eigenvalue weighted by Crippen LogP contribution is 2.26. The average Bonchev–Trinajstić information content (AvgIpc) is 2.46. The van der Waals surface area contributed by atoms with Gasteiger partial charge in [-0.25, -0.2) is 4.39 Å². The van der Waals surface area contributed by atoms with Crippen molar-refractivity contribution >= 4 is 0 Å². The summed E-state index contributed by atoms with van der Waals surface area (Å²) in [5, 5.41) is 12.1. The number of fused-ring (bicyclic) bond motifs is 1. The van der Waals surface area contributed by atoms with Crippen LogP contribution in [0.1, 0.15) is 17.2 Å². The molecule has 4 nitrogen and oxygen atoms in total. The van der Waals surface area contributed by atoms with Gasteiger partial charge in [-0.3, -0.25) is 4.90 Å². The second kappa shape index (κ2) is 5.25. The molecule has 2 heterocycles. The van der Waals surface area contributed by atoms with Crippen LogP contribution in [0.4, 0.5) is 4.39 Å². The maximum absolute atomic E-state index is 13.6. The average molecular weight is 261 g/mol. The van der Waals surface area contributed by atoms with E-state index in [4.69, 9.17) is 10.00 Å². The number of piperazine rings is 1. The van der Waals surface area contributed by atoms with Crippen LogP contribution in [0.15, 0.2) is 18.2 Å². The third-order valence-electron chi connectivity index (χ3n) is 3.85. The van der Waals surface area contributed by atoms with E-state index in [2.05, 4.69) is 10.2 Å². The molecule has 3 rings (SSSR count). The van der Waals surface area contributed by atoms with Crippen LogP contribution in [-0.4, -0.2) is 43.7 Å². The molecular weight excluding hydrogens is 245 g/mol. The van der Waals surface area contributed by atoms with Crippen LogP contribution in [-0.2, 0) is 4.74 Å². The fourth-order valence-corrected chi connectivity index (χ4v) is 2.72. The number of halogens is 1. The number of morpholine rings is 1. The number of hydrogen-bond donors (Lipinski definition) is 1. The molecule has 19 heavy (non-hydrogen) atoms. The highest BCUT2D eigenvalue weighted by molar-refractivity contribution is 5.34. The predicted molar refractivity (Wildman–Crippen MR) is 68.0 cm³/mol. The Morgan fingerprint density at radius 2 is 2.37 bits per heavy atom. The van der Waals surface area contributed by atoms with Gasteiger partial charge in [-0.2, -0.15) is 5.26 Å². The summed E-state index contributed by atoms with van der Waals surface area (Å²) in [7, 11) is 0. The Balaban J connectivity index is 1.76. The third-order valence-corrected chi connectivity index (χ3v) is 3.85. The summed E-state index contributed by atoms with van der Waals surface area (Å²) in [6, 6.07) is 7.00. The summed E-state index contributed by atoms with van der Waals surface area (Å²) in [5.41, 5.74) is 0.896. The molecule has 2 fully saturated rings. The van der Waals surface area contributed by atoms with Crippen molar-refractivity contribution in [2.75, 3.05) is 32.8 Å². The lowest BCUT2D eigenvalue weighted by atomic mass is 10.0. The Labute approximate surface area is 111 Å². The zero-order chi connectivity index (χ0) is 13.2. The second-order valence-corrected chi connectivity index (χ2v) is 5.03. The minimum absolute atomic E-state index is 0.0830. The lowest BCUT2D eigenvalue weighted by Crippen LogP contribution is -2.57. The maximum atomic E-state index is 13.6. The molecule has 0 amide bonds. The van der Waals surface area contributed by atoms with Crippen molar-refractivity contribution in [3.8, 4) is 6.07 Å². The van der Waals surface area contributed by atoms with Crippen LogP contribution < -0.4 is 5.32 Å². The smallest absolute Gasteiger partial charge is 0.141 e. The fraction of sp³-hybridized carbons (Fsp3) is 0.500. The minimum atomic E-state index is -0.467. The Morgan fingerprint density at radius 1 is 1.47 bits per heavy atom. The van der Waals surface area contributed by atoms with Gasteiger partial charge in [-0.15, -0.1) is 0 Å². The van der Waals surface area contributed by atoms with Crippen molar-refractivity contribution in [2.45, 2.75) is 12.1 Å². The van der Waals surface area contributed by atoms with Crippen LogP contribution in [0.25, 0.3) is 0 Å². The Hall–Kier alpha value is -1.48. The molecule has 2 atom stereocenters. The van der Waals surface area contributed by atoms with Gasteiger partial charge in [0.25, 0.3) is 0 Å². The maximum Gasteiger partial charge on any atom is 0.141 e. The first kappa shape index (κ1) is 12.5. The van der Waals surface area contributed by atoms with E-state index in [0.717, 1.165) is 31.7 Å². The summed E-state index contributed by atoms with van der Waals surface area (Å²) in [5.74, 6) is -0.467. The van der Waals surface area contributed by atoms with E-state index in [9.17, 15) is 4.39 Å². The summed E-state index contributed by atoms with van der Waals surface area (Å²) in [4.78, 5) is 2.39. The van der Waals surface area contributed by atoms with E-state index in [-0.39, 0.29) is 11.7 Å². The SMILES string of the molecule is N#Cc1ccc([C@@H]2CN3CCNC[C@H]3CO2)cc1F. The number of nitriles is 1. The number of rotatable bonds is 1. The highest BCUT2D eigenvalue weighted by Gasteiger charge is 2.31. The number of ether oxygens (including phenoxy) is 1. The van der Waals surface area contributed by atoms with Gasteiger partial charge in [-0.1, -0.05) is 6.07 Å². The Kier molecular flexibility index (Phi) is 3.47. The normalized spacial score (nSPS) is 27.6.